The summed E-state index contributed by atoms with van der Waals surface area (Å²) in [6, 6.07) is 2.84. The first-order valence-electron chi connectivity index (χ1n) is 6.47. The first-order chi connectivity index (χ1) is 12.0. The second-order valence-corrected chi connectivity index (χ2v) is 7.74. The van der Waals surface area contributed by atoms with Gasteiger partial charge >= 0.3 is 35.3 Å². The van der Waals surface area contributed by atoms with Crippen molar-refractivity contribution in [2.45, 2.75) is 13.8 Å². The molecule has 0 unspecified atom stereocenters. The van der Waals surface area contributed by atoms with Gasteiger partial charge < -0.3 is 30.1 Å². The number of rotatable bonds is 0. The van der Waals surface area contributed by atoms with Gasteiger partial charge in [0, 0.05) is 24.8 Å². The molecule has 0 fully saturated rings. The van der Waals surface area contributed by atoms with E-state index in [0.29, 0.717) is 22.9 Å². The fourth-order valence-corrected chi connectivity index (χ4v) is 1.79. The molecule has 0 aromatic carbocycles. The Kier molecular flexibility index (Phi) is 6.86. The van der Waals surface area contributed by atoms with Crippen molar-refractivity contribution in [3.05, 3.63) is 56.9 Å². The molecule has 0 radical (unpaired) electrons. The van der Waals surface area contributed by atoms with Crippen molar-refractivity contribution in [2.24, 2.45) is 0 Å². The van der Waals surface area contributed by atoms with Crippen molar-refractivity contribution in [3.8, 4) is 0 Å². The van der Waals surface area contributed by atoms with Gasteiger partial charge in [-0.2, -0.15) is 0 Å². The molecule has 4 aromatic rings. The molecule has 25 heavy (non-hydrogen) atoms. The Balaban J connectivity index is 0.000000156. The number of hydrogen-bond acceptors (Lipinski definition) is 6. The second kappa shape index (κ2) is 8.89. The summed E-state index contributed by atoms with van der Waals surface area (Å²) in [6.07, 6.45) is 2.62. The minimum atomic E-state index is -0.472. The Bertz CT molecular complexity index is 1000. The van der Waals surface area contributed by atoms with Gasteiger partial charge in [-0.3, -0.25) is 18.6 Å². The van der Waals surface area contributed by atoms with E-state index in [2.05, 4.69) is 30.1 Å². The van der Waals surface area contributed by atoms with Gasteiger partial charge in [-0.25, -0.2) is 0 Å². The minimum absolute atomic E-state index is 0.190. The molecule has 0 aliphatic heterocycles. The Labute approximate surface area is 156 Å². The summed E-state index contributed by atoms with van der Waals surface area (Å²) in [5.74, 6) is 0.713. The van der Waals surface area contributed by atoms with E-state index < -0.39 is 16.5 Å². The number of aromatic nitrogens is 8. The summed E-state index contributed by atoms with van der Waals surface area (Å²) in [5.41, 5.74) is 0.945. The molecule has 13 heteroatoms. The standard InChI is InChI=1S/2C6H6N4O.2ClH.Pt/c2*1-4-2-5(11)10-6(9-4)7-3-8-10;;;/h2*2-3H,1H3,(H,7,8,9,11);2*1H;/q;;;;+4/p-4. The molecule has 4 heterocycles. The molecule has 134 valence electrons. The van der Waals surface area contributed by atoms with E-state index in [9.17, 15) is 9.59 Å². The summed E-state index contributed by atoms with van der Waals surface area (Å²) in [6.45, 7) is 3.49. The second-order valence-electron chi connectivity index (χ2n) is 4.46. The van der Waals surface area contributed by atoms with Crippen LogP contribution in [-0.2, 0) is 16.5 Å². The molecular weight excluding hydrogens is 554 g/mol. The van der Waals surface area contributed by atoms with E-state index in [0.717, 1.165) is 9.03 Å². The molecule has 0 aliphatic carbocycles. The van der Waals surface area contributed by atoms with E-state index in [1.165, 1.54) is 24.8 Å². The number of hydrogen-bond donors (Lipinski definition) is 0. The third kappa shape index (κ3) is 4.97. The van der Waals surface area contributed by atoms with Crippen LogP contribution in [0.1, 0.15) is 11.4 Å². The van der Waals surface area contributed by atoms with Crippen LogP contribution in [0.2, 0.25) is 0 Å². The van der Waals surface area contributed by atoms with Crippen LogP contribution in [0.25, 0.3) is 11.6 Å². The summed E-state index contributed by atoms with van der Waals surface area (Å²) in [7, 11) is 9.75. The van der Waals surface area contributed by atoms with Crippen LogP contribution in [0.4, 0.5) is 0 Å². The average Bonchev–Trinajstić information content (AvgIpc) is 3.17. The third-order valence-electron chi connectivity index (χ3n) is 2.69. The van der Waals surface area contributed by atoms with E-state index in [1.807, 2.05) is 0 Å². The summed E-state index contributed by atoms with van der Waals surface area (Å²) in [4.78, 5) is 37.7. The maximum absolute atomic E-state index is 11.1. The van der Waals surface area contributed by atoms with Gasteiger partial charge in [-0.05, 0) is 25.2 Å². The molecule has 0 saturated carbocycles. The van der Waals surface area contributed by atoms with Crippen molar-refractivity contribution >= 4 is 30.4 Å². The van der Waals surface area contributed by atoms with E-state index >= 15 is 0 Å². The Morgan fingerprint density at radius 2 is 1.24 bits per heavy atom. The van der Waals surface area contributed by atoms with Crippen molar-refractivity contribution in [2.75, 3.05) is 0 Å². The first kappa shape index (κ1) is 19.3. The summed E-state index contributed by atoms with van der Waals surface area (Å²) in [5, 5.41) is 7.38. The van der Waals surface area contributed by atoms with E-state index in [-0.39, 0.29) is 11.1 Å². The van der Waals surface area contributed by atoms with Crippen molar-refractivity contribution in [3.63, 3.8) is 0 Å². The monoisotopic (exact) mass is 563 g/mol. The molecule has 0 aliphatic rings. The zero-order valence-corrected chi connectivity index (χ0v) is 16.6. The van der Waals surface area contributed by atoms with Crippen LogP contribution < -0.4 is 21.1 Å². The van der Waals surface area contributed by atoms with Gasteiger partial charge in [-0.1, -0.05) is 0 Å². The van der Waals surface area contributed by atoms with Gasteiger partial charge in [0.2, 0.25) is 11.1 Å². The molecule has 4 aromatic heterocycles. The molecule has 0 spiro atoms. The topological polar surface area (TPSA) is 123 Å². The Morgan fingerprint density at radius 1 is 0.880 bits per heavy atom. The molecule has 0 atom stereocenters. The van der Waals surface area contributed by atoms with Gasteiger partial charge in [0.1, 0.15) is 0 Å². The number of halogens is 2. The zero-order chi connectivity index (χ0) is 18.4. The number of fused-ring (bicyclic) bond motifs is 2. The molecule has 0 amide bonds. The van der Waals surface area contributed by atoms with Crippen molar-refractivity contribution in [1.29, 1.82) is 0 Å². The van der Waals surface area contributed by atoms with Crippen LogP contribution in [0.5, 0.6) is 0 Å². The predicted octanol–water partition coefficient (Wildman–Crippen LogP) is 0.0867. The van der Waals surface area contributed by atoms with E-state index in [1.54, 1.807) is 13.8 Å². The van der Waals surface area contributed by atoms with Gasteiger partial charge in [0.15, 0.2) is 0 Å². The fourth-order valence-electron chi connectivity index (χ4n) is 1.79. The summed E-state index contributed by atoms with van der Waals surface area (Å²) >= 11 is -0.472. The van der Waals surface area contributed by atoms with E-state index in [4.69, 9.17) is 18.8 Å². The van der Waals surface area contributed by atoms with Gasteiger partial charge in [0.05, 0.1) is 11.6 Å². The van der Waals surface area contributed by atoms with Crippen LogP contribution >= 0.6 is 18.8 Å². The molecule has 10 nitrogen and oxygen atoms in total. The van der Waals surface area contributed by atoms with Crippen LogP contribution in [0.3, 0.4) is 0 Å². The molecule has 0 saturated heterocycles. The maximum atomic E-state index is 11.1. The Hall–Kier alpha value is -2.03. The number of nitrogens with zero attached hydrogens (tertiary/aromatic N) is 8. The first-order valence-corrected chi connectivity index (χ1v) is 12.1. The van der Waals surface area contributed by atoms with Gasteiger partial charge in [0.25, 0.3) is 0 Å². The fraction of sp³-hybridized carbons (Fsp3) is 0.167. The van der Waals surface area contributed by atoms with Crippen molar-refractivity contribution in [1.82, 2.24) is 39.2 Å². The molecule has 4 rings (SSSR count). The normalized spacial score (nSPS) is 10.2. The van der Waals surface area contributed by atoms with Crippen molar-refractivity contribution < 1.29 is 16.5 Å². The molecule has 0 N–H and O–H groups in total. The third-order valence-corrected chi connectivity index (χ3v) is 2.69. The average molecular weight is 564 g/mol. The zero-order valence-electron chi connectivity index (χ0n) is 12.8. The predicted molar refractivity (Wildman–Crippen MR) is 86.3 cm³/mol. The molecular formula is C12H10Cl2N8O2Pt. The summed E-state index contributed by atoms with van der Waals surface area (Å²) < 4.78 is 2.32. The molecule has 0 bridgehead atoms. The Morgan fingerprint density at radius 3 is 1.60 bits per heavy atom. The SMILES string of the molecule is Cc1cc(=O)n2nc[n-]c2n1.Cc1cc(=O)n2nc[n-]c2n1.[Cl][Pt+2][Cl]. The quantitative estimate of drug-likeness (QED) is 0.295. The number of aryl methyl sites for hydroxylation is 2. The van der Waals surface area contributed by atoms with Gasteiger partial charge in [-0.15, -0.1) is 0 Å². The van der Waals surface area contributed by atoms with Crippen LogP contribution in [0, 0.1) is 13.8 Å². The van der Waals surface area contributed by atoms with Crippen LogP contribution in [-0.4, -0.2) is 29.2 Å². The van der Waals surface area contributed by atoms with Crippen LogP contribution in [0.15, 0.2) is 34.4 Å².